The maximum atomic E-state index is 10.4. The van der Waals surface area contributed by atoms with Crippen molar-refractivity contribution in [2.45, 2.75) is 20.5 Å². The normalized spacial score (nSPS) is 9.00. The first kappa shape index (κ1) is 14.0. The van der Waals surface area contributed by atoms with Crippen molar-refractivity contribution in [1.82, 2.24) is 0 Å². The van der Waals surface area contributed by atoms with Crippen LogP contribution in [0.25, 0.3) is 0 Å². The Morgan fingerprint density at radius 3 is 1.83 bits per heavy atom. The molecular weight excluding hydrogens is 224 g/mol. The largest absolute Gasteiger partial charge is 0.461 e. The van der Waals surface area contributed by atoms with Crippen LogP contribution in [0.1, 0.15) is 18.1 Å². The molecular formula is C16H18O2. The van der Waals surface area contributed by atoms with E-state index in [2.05, 4.69) is 19.1 Å². The second kappa shape index (κ2) is 8.07. The molecule has 0 N–H and O–H groups in total. The Balaban J connectivity index is 0.000000199. The van der Waals surface area contributed by atoms with Gasteiger partial charge in [-0.1, -0.05) is 66.2 Å². The SMILES string of the molecule is CC(=O)OCc1ccccc1.Cc1ccccc1. The number of hydrogen-bond acceptors (Lipinski definition) is 2. The minimum atomic E-state index is -0.242. The summed E-state index contributed by atoms with van der Waals surface area (Å²) in [6.07, 6.45) is 0. The molecule has 2 aromatic rings. The van der Waals surface area contributed by atoms with Gasteiger partial charge in [-0.2, -0.15) is 0 Å². The van der Waals surface area contributed by atoms with E-state index in [1.54, 1.807) is 0 Å². The zero-order chi connectivity index (χ0) is 13.2. The number of ether oxygens (including phenoxy) is 1. The molecule has 0 heterocycles. The van der Waals surface area contributed by atoms with Crippen LogP contribution in [0.2, 0.25) is 0 Å². The van der Waals surface area contributed by atoms with E-state index in [1.165, 1.54) is 12.5 Å². The van der Waals surface area contributed by atoms with Crippen LogP contribution >= 0.6 is 0 Å². The standard InChI is InChI=1S/C9H10O2.C7H8/c1-8(10)11-7-9-5-3-2-4-6-9;1-7-5-3-2-4-6-7/h2-6H,7H2,1H3;2-6H,1H3. The summed E-state index contributed by atoms with van der Waals surface area (Å²) in [4.78, 5) is 10.4. The lowest BCUT2D eigenvalue weighted by Crippen LogP contribution is -1.97. The fraction of sp³-hybridized carbons (Fsp3) is 0.188. The summed E-state index contributed by atoms with van der Waals surface area (Å²) in [5, 5.41) is 0. The maximum absolute atomic E-state index is 10.4. The minimum Gasteiger partial charge on any atom is -0.461 e. The molecule has 0 unspecified atom stereocenters. The van der Waals surface area contributed by atoms with E-state index >= 15 is 0 Å². The van der Waals surface area contributed by atoms with Gasteiger partial charge in [0.1, 0.15) is 6.61 Å². The van der Waals surface area contributed by atoms with E-state index in [9.17, 15) is 4.79 Å². The highest BCUT2D eigenvalue weighted by molar-refractivity contribution is 5.65. The third kappa shape index (κ3) is 6.48. The topological polar surface area (TPSA) is 26.3 Å². The lowest BCUT2D eigenvalue weighted by atomic mass is 10.2. The Hall–Kier alpha value is -2.09. The molecule has 2 aromatic carbocycles. The van der Waals surface area contributed by atoms with Crippen LogP contribution < -0.4 is 0 Å². The van der Waals surface area contributed by atoms with Gasteiger partial charge in [0.05, 0.1) is 0 Å². The fourth-order valence-corrected chi connectivity index (χ4v) is 1.29. The molecule has 0 aliphatic carbocycles. The van der Waals surface area contributed by atoms with Crippen molar-refractivity contribution in [3.63, 3.8) is 0 Å². The molecule has 0 spiro atoms. The predicted molar refractivity (Wildman–Crippen MR) is 73.1 cm³/mol. The molecule has 0 aliphatic rings. The number of aryl methyl sites for hydroxylation is 1. The van der Waals surface area contributed by atoms with Gasteiger partial charge < -0.3 is 4.74 Å². The summed E-state index contributed by atoms with van der Waals surface area (Å²) in [6, 6.07) is 19.9. The molecule has 0 saturated carbocycles. The quantitative estimate of drug-likeness (QED) is 0.750. The van der Waals surface area contributed by atoms with E-state index in [0.29, 0.717) is 6.61 Å². The number of rotatable bonds is 2. The molecule has 0 bridgehead atoms. The fourth-order valence-electron chi connectivity index (χ4n) is 1.29. The third-order valence-corrected chi connectivity index (χ3v) is 2.23. The molecule has 2 rings (SSSR count). The maximum Gasteiger partial charge on any atom is 0.302 e. The first-order chi connectivity index (χ1) is 8.68. The molecule has 0 radical (unpaired) electrons. The molecule has 0 aliphatic heterocycles. The monoisotopic (exact) mass is 242 g/mol. The summed E-state index contributed by atoms with van der Waals surface area (Å²) >= 11 is 0. The third-order valence-electron chi connectivity index (χ3n) is 2.23. The van der Waals surface area contributed by atoms with Crippen LogP contribution in [0.4, 0.5) is 0 Å². The Kier molecular flexibility index (Phi) is 6.26. The summed E-state index contributed by atoms with van der Waals surface area (Å²) in [5.74, 6) is -0.242. The van der Waals surface area contributed by atoms with Gasteiger partial charge in [0.2, 0.25) is 0 Å². The molecule has 0 aromatic heterocycles. The molecule has 0 amide bonds. The van der Waals surface area contributed by atoms with Crippen LogP contribution in [0, 0.1) is 6.92 Å². The van der Waals surface area contributed by atoms with Crippen molar-refractivity contribution in [3.8, 4) is 0 Å². The van der Waals surface area contributed by atoms with Gasteiger partial charge in [0.15, 0.2) is 0 Å². The summed E-state index contributed by atoms with van der Waals surface area (Å²) in [6.45, 7) is 3.86. The van der Waals surface area contributed by atoms with Gasteiger partial charge in [-0.25, -0.2) is 0 Å². The zero-order valence-electron chi connectivity index (χ0n) is 10.8. The molecule has 2 nitrogen and oxygen atoms in total. The van der Waals surface area contributed by atoms with Gasteiger partial charge in [-0.3, -0.25) is 4.79 Å². The van der Waals surface area contributed by atoms with E-state index in [-0.39, 0.29) is 5.97 Å². The lowest BCUT2D eigenvalue weighted by Gasteiger charge is -1.99. The zero-order valence-corrected chi connectivity index (χ0v) is 10.8. The first-order valence-corrected chi connectivity index (χ1v) is 5.87. The highest BCUT2D eigenvalue weighted by Crippen LogP contribution is 1.99. The summed E-state index contributed by atoms with van der Waals surface area (Å²) in [5.41, 5.74) is 2.34. The number of benzene rings is 2. The van der Waals surface area contributed by atoms with Gasteiger partial charge >= 0.3 is 5.97 Å². The van der Waals surface area contributed by atoms with Crippen molar-refractivity contribution in [2.75, 3.05) is 0 Å². The van der Waals surface area contributed by atoms with Crippen LogP contribution in [0.15, 0.2) is 60.7 Å². The second-order valence-corrected chi connectivity index (χ2v) is 3.92. The molecule has 94 valence electrons. The van der Waals surface area contributed by atoms with Gasteiger partial charge in [0, 0.05) is 6.92 Å². The molecule has 18 heavy (non-hydrogen) atoms. The van der Waals surface area contributed by atoms with E-state index < -0.39 is 0 Å². The number of esters is 1. The van der Waals surface area contributed by atoms with Crippen LogP contribution in [-0.2, 0) is 16.1 Å². The second-order valence-electron chi connectivity index (χ2n) is 3.92. The van der Waals surface area contributed by atoms with Gasteiger partial charge in [-0.05, 0) is 12.5 Å². The lowest BCUT2D eigenvalue weighted by molar-refractivity contribution is -0.142. The smallest absolute Gasteiger partial charge is 0.302 e. The Morgan fingerprint density at radius 1 is 0.944 bits per heavy atom. The van der Waals surface area contributed by atoms with Crippen molar-refractivity contribution < 1.29 is 9.53 Å². The average Bonchev–Trinajstić information content (AvgIpc) is 2.39. The van der Waals surface area contributed by atoms with Crippen molar-refractivity contribution in [3.05, 3.63) is 71.8 Å². The van der Waals surface area contributed by atoms with Crippen LogP contribution in [0.3, 0.4) is 0 Å². The summed E-state index contributed by atoms with van der Waals surface area (Å²) in [7, 11) is 0. The van der Waals surface area contributed by atoms with Gasteiger partial charge in [-0.15, -0.1) is 0 Å². The highest BCUT2D eigenvalue weighted by atomic mass is 16.5. The summed E-state index contributed by atoms with van der Waals surface area (Å²) < 4.78 is 4.79. The van der Waals surface area contributed by atoms with Gasteiger partial charge in [0.25, 0.3) is 0 Å². The van der Waals surface area contributed by atoms with Crippen LogP contribution in [-0.4, -0.2) is 5.97 Å². The van der Waals surface area contributed by atoms with Crippen molar-refractivity contribution in [1.29, 1.82) is 0 Å². The predicted octanol–water partition coefficient (Wildman–Crippen LogP) is 3.74. The molecule has 0 fully saturated rings. The van der Waals surface area contributed by atoms with Crippen molar-refractivity contribution >= 4 is 5.97 Å². The Bertz CT molecular complexity index is 449. The molecule has 2 heteroatoms. The van der Waals surface area contributed by atoms with Crippen molar-refractivity contribution in [2.24, 2.45) is 0 Å². The van der Waals surface area contributed by atoms with E-state index in [0.717, 1.165) is 5.56 Å². The number of hydrogen-bond donors (Lipinski definition) is 0. The molecule has 0 saturated heterocycles. The Morgan fingerprint density at radius 2 is 1.44 bits per heavy atom. The Labute approximate surface area is 108 Å². The molecule has 0 atom stereocenters. The minimum absolute atomic E-state index is 0.242. The van der Waals surface area contributed by atoms with Crippen LogP contribution in [0.5, 0.6) is 0 Å². The van der Waals surface area contributed by atoms with E-state index in [1.807, 2.05) is 48.5 Å². The number of carbonyl (C=O) groups excluding carboxylic acids is 1. The average molecular weight is 242 g/mol. The highest BCUT2D eigenvalue weighted by Gasteiger charge is 1.93. The van der Waals surface area contributed by atoms with E-state index in [4.69, 9.17) is 4.74 Å². The first-order valence-electron chi connectivity index (χ1n) is 5.87. The number of carbonyl (C=O) groups is 1.